The second-order valence-electron chi connectivity index (χ2n) is 6.00. The Labute approximate surface area is 177 Å². The molecule has 0 radical (unpaired) electrons. The van der Waals surface area contributed by atoms with Gasteiger partial charge in [-0.1, -0.05) is 17.7 Å². The molecule has 3 aromatic rings. The molecule has 0 saturated carbocycles. The number of thiophene rings is 1. The van der Waals surface area contributed by atoms with Crippen molar-refractivity contribution >= 4 is 52.1 Å². The molecule has 0 unspecified atom stereocenters. The van der Waals surface area contributed by atoms with Gasteiger partial charge in [0.1, 0.15) is 0 Å². The van der Waals surface area contributed by atoms with Crippen LogP contribution in [0, 0.1) is 0 Å². The van der Waals surface area contributed by atoms with Crippen LogP contribution in [0.25, 0.3) is 0 Å². The molecule has 0 saturated heterocycles. The molecule has 0 bridgehead atoms. The highest BCUT2D eigenvalue weighted by Crippen LogP contribution is 2.20. The molecule has 0 aliphatic rings. The van der Waals surface area contributed by atoms with Crippen molar-refractivity contribution in [2.24, 2.45) is 0 Å². The predicted octanol–water partition coefficient (Wildman–Crippen LogP) is 4.54. The van der Waals surface area contributed by atoms with Crippen molar-refractivity contribution in [3.63, 3.8) is 0 Å². The highest BCUT2D eigenvalue weighted by Gasteiger charge is 2.16. The van der Waals surface area contributed by atoms with Crippen molar-refractivity contribution in [1.29, 1.82) is 0 Å². The lowest BCUT2D eigenvalue weighted by molar-refractivity contribution is 0.101. The molecule has 7 nitrogen and oxygen atoms in total. The summed E-state index contributed by atoms with van der Waals surface area (Å²) in [5.74, 6) is -0.147. The standard InChI is InChI=1S/C20H20ClN5O2S/c1-3-26(4-2)20-22-12-15(21)17(25-20)19(28)24-14-9-7-13(8-10-14)23-18(27)16-6-5-11-29-16/h5-12H,3-4H2,1-2H3,(H,23,27)(H,24,28). The van der Waals surface area contributed by atoms with Crippen molar-refractivity contribution in [2.75, 3.05) is 28.6 Å². The van der Waals surface area contributed by atoms with Crippen LogP contribution in [0.4, 0.5) is 17.3 Å². The fraction of sp³-hybridized carbons (Fsp3) is 0.200. The average Bonchev–Trinajstić information content (AvgIpc) is 3.26. The second kappa shape index (κ2) is 9.49. The summed E-state index contributed by atoms with van der Waals surface area (Å²) in [6.07, 6.45) is 1.43. The second-order valence-corrected chi connectivity index (χ2v) is 7.36. The number of anilines is 3. The van der Waals surface area contributed by atoms with E-state index >= 15 is 0 Å². The molecular formula is C20H20ClN5O2S. The quantitative estimate of drug-likeness (QED) is 0.575. The summed E-state index contributed by atoms with van der Waals surface area (Å²) in [5.41, 5.74) is 1.30. The zero-order chi connectivity index (χ0) is 20.8. The minimum absolute atomic E-state index is 0.110. The Kier molecular flexibility index (Phi) is 6.79. The summed E-state index contributed by atoms with van der Waals surface area (Å²) in [4.78, 5) is 35.8. The summed E-state index contributed by atoms with van der Waals surface area (Å²) >= 11 is 7.50. The molecule has 0 spiro atoms. The van der Waals surface area contributed by atoms with E-state index in [0.29, 0.717) is 22.2 Å². The van der Waals surface area contributed by atoms with Gasteiger partial charge in [-0.25, -0.2) is 9.97 Å². The third-order valence-corrected chi connectivity index (χ3v) is 5.28. The van der Waals surface area contributed by atoms with Crippen LogP contribution in [0.3, 0.4) is 0 Å². The number of nitrogens with one attached hydrogen (secondary N) is 2. The van der Waals surface area contributed by atoms with Crippen LogP contribution in [0.5, 0.6) is 0 Å². The monoisotopic (exact) mass is 429 g/mol. The number of amides is 2. The van der Waals surface area contributed by atoms with Gasteiger partial charge >= 0.3 is 0 Å². The fourth-order valence-corrected chi connectivity index (χ4v) is 3.40. The lowest BCUT2D eigenvalue weighted by Gasteiger charge is -2.19. The molecule has 0 atom stereocenters. The van der Waals surface area contributed by atoms with E-state index in [-0.39, 0.29) is 16.6 Å². The van der Waals surface area contributed by atoms with Gasteiger partial charge in [-0.3, -0.25) is 9.59 Å². The number of hydrogen-bond acceptors (Lipinski definition) is 6. The van der Waals surface area contributed by atoms with E-state index in [1.54, 1.807) is 30.3 Å². The van der Waals surface area contributed by atoms with Crippen LogP contribution in [-0.4, -0.2) is 34.9 Å². The van der Waals surface area contributed by atoms with Gasteiger partial charge in [0.15, 0.2) is 5.69 Å². The highest BCUT2D eigenvalue weighted by molar-refractivity contribution is 7.12. The summed E-state index contributed by atoms with van der Waals surface area (Å²) in [6.45, 7) is 5.41. The molecule has 0 fully saturated rings. The Hall–Kier alpha value is -2.97. The van der Waals surface area contributed by atoms with Crippen molar-refractivity contribution in [3.8, 4) is 0 Å². The van der Waals surface area contributed by atoms with E-state index in [9.17, 15) is 9.59 Å². The van der Waals surface area contributed by atoms with Crippen molar-refractivity contribution < 1.29 is 9.59 Å². The van der Waals surface area contributed by atoms with Crippen molar-refractivity contribution in [1.82, 2.24) is 9.97 Å². The molecular weight excluding hydrogens is 410 g/mol. The molecule has 9 heteroatoms. The first-order chi connectivity index (χ1) is 14.0. The number of aromatic nitrogens is 2. The summed E-state index contributed by atoms with van der Waals surface area (Å²) in [7, 11) is 0. The van der Waals surface area contributed by atoms with Gasteiger partial charge in [-0.15, -0.1) is 11.3 Å². The zero-order valence-corrected chi connectivity index (χ0v) is 17.5. The smallest absolute Gasteiger partial charge is 0.276 e. The van der Waals surface area contributed by atoms with Gasteiger partial charge in [-0.05, 0) is 49.6 Å². The number of benzene rings is 1. The number of hydrogen-bond donors (Lipinski definition) is 2. The lowest BCUT2D eigenvalue weighted by Crippen LogP contribution is -2.25. The summed E-state index contributed by atoms with van der Waals surface area (Å²) < 4.78 is 0. The van der Waals surface area contributed by atoms with E-state index in [0.717, 1.165) is 13.1 Å². The van der Waals surface area contributed by atoms with E-state index in [1.165, 1.54) is 17.5 Å². The predicted molar refractivity (Wildman–Crippen MR) is 117 cm³/mol. The summed E-state index contributed by atoms with van der Waals surface area (Å²) in [5, 5.41) is 7.60. The Bertz CT molecular complexity index is 989. The normalized spacial score (nSPS) is 10.4. The first kappa shape index (κ1) is 20.8. The topological polar surface area (TPSA) is 87.2 Å². The molecule has 150 valence electrons. The highest BCUT2D eigenvalue weighted by atomic mass is 35.5. The van der Waals surface area contributed by atoms with Gasteiger partial charge in [0.05, 0.1) is 16.1 Å². The minimum atomic E-state index is -0.429. The minimum Gasteiger partial charge on any atom is -0.341 e. The maximum atomic E-state index is 12.6. The Morgan fingerprint density at radius 2 is 1.66 bits per heavy atom. The van der Waals surface area contributed by atoms with Crippen LogP contribution in [0.15, 0.2) is 48.0 Å². The first-order valence-corrected chi connectivity index (χ1v) is 10.3. The molecule has 2 N–H and O–H groups in total. The van der Waals surface area contributed by atoms with Crippen molar-refractivity contribution in [2.45, 2.75) is 13.8 Å². The molecule has 29 heavy (non-hydrogen) atoms. The first-order valence-electron chi connectivity index (χ1n) is 9.05. The number of carbonyl (C=O) groups is 2. The maximum absolute atomic E-state index is 12.6. The molecule has 0 aliphatic carbocycles. The summed E-state index contributed by atoms with van der Waals surface area (Å²) in [6, 6.07) is 10.4. The number of halogens is 1. The van der Waals surface area contributed by atoms with E-state index < -0.39 is 5.91 Å². The molecule has 3 rings (SSSR count). The van der Waals surface area contributed by atoms with Crippen LogP contribution in [0.2, 0.25) is 5.02 Å². The van der Waals surface area contributed by atoms with Gasteiger partial charge in [0, 0.05) is 24.5 Å². The van der Waals surface area contributed by atoms with E-state index in [2.05, 4.69) is 20.6 Å². The fourth-order valence-electron chi connectivity index (χ4n) is 2.60. The lowest BCUT2D eigenvalue weighted by atomic mass is 10.2. The molecule has 0 aliphatic heterocycles. The third kappa shape index (κ3) is 5.10. The van der Waals surface area contributed by atoms with Gasteiger partial charge in [-0.2, -0.15) is 0 Å². The van der Waals surface area contributed by atoms with Crippen LogP contribution in [0.1, 0.15) is 34.0 Å². The average molecular weight is 430 g/mol. The Balaban J connectivity index is 1.69. The maximum Gasteiger partial charge on any atom is 0.276 e. The largest absolute Gasteiger partial charge is 0.341 e. The van der Waals surface area contributed by atoms with Gasteiger partial charge in [0.25, 0.3) is 11.8 Å². The SMILES string of the molecule is CCN(CC)c1ncc(Cl)c(C(=O)Nc2ccc(NC(=O)c3cccs3)cc2)n1. The molecule has 1 aromatic carbocycles. The molecule has 2 heterocycles. The van der Waals surface area contributed by atoms with Crippen LogP contribution < -0.4 is 15.5 Å². The molecule has 2 amide bonds. The number of rotatable bonds is 7. The van der Waals surface area contributed by atoms with Crippen molar-refractivity contribution in [3.05, 3.63) is 63.6 Å². The van der Waals surface area contributed by atoms with E-state index in [1.807, 2.05) is 30.2 Å². The third-order valence-electron chi connectivity index (χ3n) is 4.14. The van der Waals surface area contributed by atoms with Crippen LogP contribution in [-0.2, 0) is 0 Å². The number of carbonyl (C=O) groups excluding carboxylic acids is 2. The molecule has 2 aromatic heterocycles. The van der Waals surface area contributed by atoms with Crippen LogP contribution >= 0.6 is 22.9 Å². The van der Waals surface area contributed by atoms with E-state index in [4.69, 9.17) is 11.6 Å². The Morgan fingerprint density at radius 1 is 1.03 bits per heavy atom. The van der Waals surface area contributed by atoms with Gasteiger partial charge in [0.2, 0.25) is 5.95 Å². The zero-order valence-electron chi connectivity index (χ0n) is 16.0. The Morgan fingerprint density at radius 3 is 2.21 bits per heavy atom. The van der Waals surface area contributed by atoms with Gasteiger partial charge < -0.3 is 15.5 Å². The number of nitrogens with zero attached hydrogens (tertiary/aromatic N) is 3.